The van der Waals surface area contributed by atoms with Gasteiger partial charge in [-0.3, -0.25) is 0 Å². The number of likely N-dealkylation sites (N-methyl/N-ethyl adjacent to an activating group) is 1. The third-order valence-corrected chi connectivity index (χ3v) is 1.96. The molecule has 0 aliphatic carbocycles. The van der Waals surface area contributed by atoms with E-state index < -0.39 is 0 Å². The van der Waals surface area contributed by atoms with Gasteiger partial charge >= 0.3 is 0 Å². The molecule has 0 spiro atoms. The van der Waals surface area contributed by atoms with E-state index in [0.717, 1.165) is 32.7 Å². The predicted octanol–water partition coefficient (Wildman–Crippen LogP) is 1.08. The fourth-order valence-electron chi connectivity index (χ4n) is 0.956. The van der Waals surface area contributed by atoms with Crippen LogP contribution in [0.25, 0.3) is 0 Å². The Morgan fingerprint density at radius 1 is 1.31 bits per heavy atom. The van der Waals surface area contributed by atoms with Crippen molar-refractivity contribution in [2.75, 3.05) is 33.4 Å². The molecular formula is C10H24N2O. The van der Waals surface area contributed by atoms with Crippen molar-refractivity contribution in [2.45, 2.75) is 32.7 Å². The molecule has 0 fully saturated rings. The van der Waals surface area contributed by atoms with Crippen LogP contribution in [0.1, 0.15) is 27.2 Å². The van der Waals surface area contributed by atoms with E-state index in [1.54, 1.807) is 0 Å². The second-order valence-electron chi connectivity index (χ2n) is 4.24. The van der Waals surface area contributed by atoms with Gasteiger partial charge in [-0.05, 0) is 40.8 Å². The Bertz CT molecular complexity index is 121. The zero-order valence-electron chi connectivity index (χ0n) is 9.47. The van der Waals surface area contributed by atoms with Crippen LogP contribution in [0.5, 0.6) is 0 Å². The van der Waals surface area contributed by atoms with E-state index in [-0.39, 0.29) is 5.54 Å². The second kappa shape index (κ2) is 6.35. The van der Waals surface area contributed by atoms with Crippen LogP contribution >= 0.6 is 0 Å². The van der Waals surface area contributed by atoms with Crippen LogP contribution in [-0.4, -0.2) is 43.8 Å². The molecule has 0 aliphatic heterocycles. The lowest BCUT2D eigenvalue weighted by atomic mass is 10.0. The highest BCUT2D eigenvalue weighted by Crippen LogP contribution is 2.03. The van der Waals surface area contributed by atoms with Gasteiger partial charge in [-0.1, -0.05) is 0 Å². The Labute approximate surface area is 82.2 Å². The van der Waals surface area contributed by atoms with Gasteiger partial charge in [-0.15, -0.1) is 0 Å². The Balaban J connectivity index is 3.35. The third-order valence-electron chi connectivity index (χ3n) is 1.96. The molecule has 0 aliphatic rings. The standard InChI is InChI=1S/C10H24N2O/c1-5-13-9-8-12(4)7-6-10(2,3)11/h5-9,11H2,1-4H3. The maximum absolute atomic E-state index is 5.88. The van der Waals surface area contributed by atoms with Gasteiger partial charge in [-0.25, -0.2) is 0 Å². The largest absolute Gasteiger partial charge is 0.380 e. The highest BCUT2D eigenvalue weighted by atomic mass is 16.5. The molecule has 0 saturated heterocycles. The summed E-state index contributed by atoms with van der Waals surface area (Å²) in [5.74, 6) is 0. The molecule has 0 unspecified atom stereocenters. The molecule has 0 radical (unpaired) electrons. The van der Waals surface area contributed by atoms with Crippen LogP contribution in [0.3, 0.4) is 0 Å². The molecule has 13 heavy (non-hydrogen) atoms. The molecule has 0 bridgehead atoms. The average Bonchev–Trinajstić information content (AvgIpc) is 2.00. The van der Waals surface area contributed by atoms with Crippen LogP contribution in [0.15, 0.2) is 0 Å². The molecule has 0 aromatic rings. The lowest BCUT2D eigenvalue weighted by Gasteiger charge is -2.23. The Morgan fingerprint density at radius 3 is 2.38 bits per heavy atom. The molecule has 0 saturated carbocycles. The van der Waals surface area contributed by atoms with Gasteiger partial charge in [0, 0.05) is 18.7 Å². The van der Waals surface area contributed by atoms with Crippen molar-refractivity contribution in [1.82, 2.24) is 4.90 Å². The van der Waals surface area contributed by atoms with Gasteiger partial charge in [0.1, 0.15) is 0 Å². The van der Waals surface area contributed by atoms with Crippen LogP contribution < -0.4 is 5.73 Å². The Kier molecular flexibility index (Phi) is 6.29. The summed E-state index contributed by atoms with van der Waals surface area (Å²) in [6.07, 6.45) is 1.02. The van der Waals surface area contributed by atoms with Crippen LogP contribution in [0.4, 0.5) is 0 Å². The van der Waals surface area contributed by atoms with Crippen molar-refractivity contribution in [3.8, 4) is 0 Å². The minimum Gasteiger partial charge on any atom is -0.380 e. The van der Waals surface area contributed by atoms with Crippen molar-refractivity contribution in [3.63, 3.8) is 0 Å². The molecule has 0 aromatic heterocycles. The molecule has 0 atom stereocenters. The Morgan fingerprint density at radius 2 is 1.92 bits per heavy atom. The number of hydrogen-bond donors (Lipinski definition) is 1. The van der Waals surface area contributed by atoms with Crippen molar-refractivity contribution in [3.05, 3.63) is 0 Å². The van der Waals surface area contributed by atoms with Gasteiger partial charge in [0.2, 0.25) is 0 Å². The summed E-state index contributed by atoms with van der Waals surface area (Å²) in [5.41, 5.74) is 5.82. The highest BCUT2D eigenvalue weighted by Gasteiger charge is 2.11. The topological polar surface area (TPSA) is 38.5 Å². The first-order chi connectivity index (χ1) is 5.95. The maximum atomic E-state index is 5.88. The summed E-state index contributed by atoms with van der Waals surface area (Å²) in [6, 6.07) is 0. The first-order valence-electron chi connectivity index (χ1n) is 5.01. The number of rotatable bonds is 7. The van der Waals surface area contributed by atoms with Gasteiger partial charge in [0.05, 0.1) is 6.61 Å². The van der Waals surface area contributed by atoms with E-state index in [4.69, 9.17) is 10.5 Å². The number of hydrogen-bond acceptors (Lipinski definition) is 3. The van der Waals surface area contributed by atoms with Crippen molar-refractivity contribution in [1.29, 1.82) is 0 Å². The fourth-order valence-corrected chi connectivity index (χ4v) is 0.956. The summed E-state index contributed by atoms with van der Waals surface area (Å²) in [5, 5.41) is 0. The summed E-state index contributed by atoms with van der Waals surface area (Å²) in [7, 11) is 2.10. The van der Waals surface area contributed by atoms with E-state index in [9.17, 15) is 0 Å². The summed E-state index contributed by atoms with van der Waals surface area (Å²) in [6.45, 7) is 9.78. The van der Waals surface area contributed by atoms with Gasteiger partial charge in [0.15, 0.2) is 0 Å². The summed E-state index contributed by atoms with van der Waals surface area (Å²) in [4.78, 5) is 2.25. The number of nitrogens with zero attached hydrogens (tertiary/aromatic N) is 1. The van der Waals surface area contributed by atoms with E-state index in [2.05, 4.69) is 25.8 Å². The predicted molar refractivity (Wildman–Crippen MR) is 56.9 cm³/mol. The molecule has 2 N–H and O–H groups in total. The molecule has 0 heterocycles. The molecule has 0 aromatic carbocycles. The van der Waals surface area contributed by atoms with Crippen molar-refractivity contribution in [2.24, 2.45) is 5.73 Å². The van der Waals surface area contributed by atoms with Gasteiger partial charge < -0.3 is 15.4 Å². The zero-order valence-corrected chi connectivity index (χ0v) is 9.47. The Hall–Kier alpha value is -0.120. The van der Waals surface area contributed by atoms with E-state index >= 15 is 0 Å². The minimum atomic E-state index is -0.0557. The SMILES string of the molecule is CCOCCN(C)CCC(C)(C)N. The number of nitrogens with two attached hydrogens (primary N) is 1. The maximum Gasteiger partial charge on any atom is 0.0593 e. The van der Waals surface area contributed by atoms with Gasteiger partial charge in [-0.2, -0.15) is 0 Å². The van der Waals surface area contributed by atoms with Gasteiger partial charge in [0.25, 0.3) is 0 Å². The molecule has 3 nitrogen and oxygen atoms in total. The quantitative estimate of drug-likeness (QED) is 0.608. The monoisotopic (exact) mass is 188 g/mol. The van der Waals surface area contributed by atoms with Crippen molar-refractivity contribution >= 4 is 0 Å². The minimum absolute atomic E-state index is 0.0557. The molecule has 0 amide bonds. The summed E-state index contributed by atoms with van der Waals surface area (Å²) >= 11 is 0. The van der Waals surface area contributed by atoms with Crippen LogP contribution in [0.2, 0.25) is 0 Å². The number of ether oxygens (including phenoxy) is 1. The fraction of sp³-hybridized carbons (Fsp3) is 1.00. The summed E-state index contributed by atoms with van der Waals surface area (Å²) < 4.78 is 5.26. The molecule has 3 heteroatoms. The third kappa shape index (κ3) is 9.80. The average molecular weight is 188 g/mol. The van der Waals surface area contributed by atoms with Crippen LogP contribution in [-0.2, 0) is 4.74 Å². The highest BCUT2D eigenvalue weighted by molar-refractivity contribution is 4.72. The first kappa shape index (κ1) is 12.9. The zero-order chi connectivity index (χ0) is 10.3. The first-order valence-corrected chi connectivity index (χ1v) is 5.01. The van der Waals surface area contributed by atoms with E-state index in [1.165, 1.54) is 0 Å². The second-order valence-corrected chi connectivity index (χ2v) is 4.24. The van der Waals surface area contributed by atoms with Crippen molar-refractivity contribution < 1.29 is 4.74 Å². The lowest BCUT2D eigenvalue weighted by Crippen LogP contribution is -2.37. The molecule has 80 valence electrons. The van der Waals surface area contributed by atoms with Crippen LogP contribution in [0, 0.1) is 0 Å². The van der Waals surface area contributed by atoms with E-state index in [1.807, 2.05) is 6.92 Å². The smallest absolute Gasteiger partial charge is 0.0593 e. The molecule has 0 rings (SSSR count). The molecular weight excluding hydrogens is 164 g/mol. The lowest BCUT2D eigenvalue weighted by molar-refractivity contribution is 0.120. The normalized spacial score (nSPS) is 12.5. The van der Waals surface area contributed by atoms with E-state index in [0.29, 0.717) is 0 Å².